The third kappa shape index (κ3) is 5.69. The van der Waals surface area contributed by atoms with E-state index in [1.807, 2.05) is 47.0 Å². The van der Waals surface area contributed by atoms with Crippen LogP contribution in [0.5, 0.6) is 0 Å². The number of amides is 3. The second-order valence-electron chi connectivity index (χ2n) is 13.7. The van der Waals surface area contributed by atoms with E-state index in [9.17, 15) is 24.0 Å². The van der Waals surface area contributed by atoms with Gasteiger partial charge in [-0.05, 0) is 98.4 Å². The summed E-state index contributed by atoms with van der Waals surface area (Å²) in [6, 6.07) is 0. The van der Waals surface area contributed by atoms with E-state index in [0.29, 0.717) is 48.5 Å². The number of cyclic esters (lactones) is 2. The summed E-state index contributed by atoms with van der Waals surface area (Å²) in [5.74, 6) is -0.634. The summed E-state index contributed by atoms with van der Waals surface area (Å²) >= 11 is 0. The highest BCUT2D eigenvalue weighted by atomic mass is 16.6. The van der Waals surface area contributed by atoms with E-state index in [1.54, 1.807) is 28.5 Å². The lowest BCUT2D eigenvalue weighted by molar-refractivity contribution is -0.138. The molecule has 2 fully saturated rings. The third-order valence-corrected chi connectivity index (χ3v) is 9.88. The minimum Gasteiger partial charge on any atom is -0.456 e. The van der Waals surface area contributed by atoms with Crippen molar-refractivity contribution in [3.05, 3.63) is 46.1 Å². The highest BCUT2D eigenvalue weighted by Gasteiger charge is 2.52. The first kappa shape index (κ1) is 32.5. The summed E-state index contributed by atoms with van der Waals surface area (Å²) < 4.78 is 15.5. The summed E-state index contributed by atoms with van der Waals surface area (Å²) in [5, 5.41) is 3.29. The van der Waals surface area contributed by atoms with Gasteiger partial charge in [0, 0.05) is 25.5 Å². The van der Waals surface area contributed by atoms with Crippen molar-refractivity contribution in [2.45, 2.75) is 79.8 Å². The van der Waals surface area contributed by atoms with E-state index in [4.69, 9.17) is 14.2 Å². The molecule has 244 valence electrons. The molecule has 6 aliphatic heterocycles. The van der Waals surface area contributed by atoms with Crippen molar-refractivity contribution in [2.75, 3.05) is 39.4 Å². The molecule has 6 heterocycles. The molecule has 0 aliphatic carbocycles. The second-order valence-corrected chi connectivity index (χ2v) is 13.7. The predicted molar refractivity (Wildman–Crippen MR) is 163 cm³/mol. The van der Waals surface area contributed by atoms with Gasteiger partial charge in [0.1, 0.15) is 18.8 Å². The smallest absolute Gasteiger partial charge is 0.410 e. The van der Waals surface area contributed by atoms with Crippen molar-refractivity contribution >= 4 is 29.8 Å². The van der Waals surface area contributed by atoms with Gasteiger partial charge in [-0.15, -0.1) is 0 Å². The Hall–Kier alpha value is -3.93. The maximum Gasteiger partial charge on any atom is 0.410 e. The third-order valence-electron chi connectivity index (χ3n) is 9.88. The molecule has 0 radical (unpaired) electrons. The molecule has 6 rings (SSSR count). The molecule has 45 heavy (non-hydrogen) atoms. The summed E-state index contributed by atoms with van der Waals surface area (Å²) in [7, 11) is 0. The molecule has 12 nitrogen and oxygen atoms in total. The average molecular weight is 625 g/mol. The second kappa shape index (κ2) is 11.8. The lowest BCUT2D eigenvalue weighted by atomic mass is 9.74. The molecule has 0 bridgehead atoms. The van der Waals surface area contributed by atoms with Crippen LogP contribution in [0, 0.1) is 10.8 Å². The van der Waals surface area contributed by atoms with Crippen LogP contribution in [0.1, 0.15) is 74.1 Å². The Labute approximate surface area is 264 Å². The van der Waals surface area contributed by atoms with Gasteiger partial charge in [-0.25, -0.2) is 14.4 Å². The number of carbonyl (C=O) groups excluding carboxylic acids is 5. The first-order chi connectivity index (χ1) is 21.1. The van der Waals surface area contributed by atoms with Crippen molar-refractivity contribution in [2.24, 2.45) is 10.8 Å². The first-order valence-corrected chi connectivity index (χ1v) is 15.6. The van der Waals surface area contributed by atoms with Crippen LogP contribution in [0.15, 0.2) is 46.1 Å². The Morgan fingerprint density at radius 1 is 0.756 bits per heavy atom. The molecule has 3 amide bonds. The van der Waals surface area contributed by atoms with Gasteiger partial charge in [-0.2, -0.15) is 0 Å². The summed E-state index contributed by atoms with van der Waals surface area (Å²) in [6.45, 7) is 15.8. The van der Waals surface area contributed by atoms with Gasteiger partial charge >= 0.3 is 18.0 Å². The van der Waals surface area contributed by atoms with Gasteiger partial charge in [-0.1, -0.05) is 0 Å². The van der Waals surface area contributed by atoms with Crippen LogP contribution >= 0.6 is 0 Å². The Bertz CT molecular complexity index is 1450. The van der Waals surface area contributed by atoms with Gasteiger partial charge in [-0.3, -0.25) is 19.4 Å². The highest BCUT2D eigenvalue weighted by molar-refractivity contribution is 5.97. The van der Waals surface area contributed by atoms with Crippen molar-refractivity contribution in [3.8, 4) is 0 Å². The zero-order valence-electron chi connectivity index (χ0n) is 27.3. The van der Waals surface area contributed by atoms with E-state index >= 15 is 0 Å². The lowest BCUT2D eigenvalue weighted by Crippen LogP contribution is -2.49. The van der Waals surface area contributed by atoms with Gasteiger partial charge in [0.2, 0.25) is 11.8 Å². The Morgan fingerprint density at radius 2 is 1.18 bits per heavy atom. The predicted octanol–water partition coefficient (Wildman–Crippen LogP) is 3.51. The zero-order chi connectivity index (χ0) is 32.9. The number of carbonyl (C=O) groups is 5. The number of esters is 2. The lowest BCUT2D eigenvalue weighted by Gasteiger charge is -2.39. The number of hydrogen-bond donors (Lipinski definition) is 1. The number of ether oxygens (including phenoxy) is 3. The molecular weight excluding hydrogens is 580 g/mol. The molecule has 0 aromatic heterocycles. The van der Waals surface area contributed by atoms with Gasteiger partial charge < -0.3 is 24.4 Å². The Balaban J connectivity index is 0.000000186. The van der Waals surface area contributed by atoms with Crippen molar-refractivity contribution < 1.29 is 38.2 Å². The van der Waals surface area contributed by atoms with Crippen LogP contribution < -0.4 is 5.32 Å². The van der Waals surface area contributed by atoms with E-state index < -0.39 is 11.0 Å². The standard InChI is InChI=1S/C19H26N2O5.C14H18N2O3/c1-12-10-21(14-11-25-15(22)13(14)2)16(23)19(12)6-8-20(9-7-19)17(24)26-18(3,4)5;1-9-7-16(11-8-19-12(17)10(11)2)13(18)14(9)3-5-15-6-4-14/h10H,6-9,11H2,1-5H3;7,15H,3-6,8H2,1-2H3. The minimum atomic E-state index is -0.614. The fourth-order valence-electron chi connectivity index (χ4n) is 6.86. The number of piperidine rings is 2. The van der Waals surface area contributed by atoms with Gasteiger partial charge in [0.05, 0.1) is 33.4 Å². The van der Waals surface area contributed by atoms with Crippen LogP contribution in [0.4, 0.5) is 4.79 Å². The molecule has 12 heteroatoms. The fraction of sp³-hybridized carbons (Fsp3) is 0.606. The largest absolute Gasteiger partial charge is 0.456 e. The Kier molecular flexibility index (Phi) is 8.50. The molecule has 1 N–H and O–H groups in total. The first-order valence-electron chi connectivity index (χ1n) is 15.6. The number of hydrogen-bond acceptors (Lipinski definition) is 9. The molecular formula is C33H44N4O8. The zero-order valence-corrected chi connectivity index (χ0v) is 27.3. The molecule has 2 spiro atoms. The minimum absolute atomic E-state index is 0.0357. The number of nitrogens with zero attached hydrogens (tertiary/aromatic N) is 3. The fourth-order valence-corrected chi connectivity index (χ4v) is 6.86. The Morgan fingerprint density at radius 3 is 1.56 bits per heavy atom. The number of nitrogens with one attached hydrogen (secondary N) is 1. The maximum atomic E-state index is 13.2. The summed E-state index contributed by atoms with van der Waals surface area (Å²) in [5.41, 5.74) is 2.87. The van der Waals surface area contributed by atoms with Crippen molar-refractivity contribution in [3.63, 3.8) is 0 Å². The van der Waals surface area contributed by atoms with E-state index in [-0.39, 0.29) is 48.5 Å². The molecule has 6 aliphatic rings. The van der Waals surface area contributed by atoms with Crippen LogP contribution in [0.3, 0.4) is 0 Å². The maximum absolute atomic E-state index is 13.2. The number of likely N-dealkylation sites (tertiary alicyclic amines) is 1. The average Bonchev–Trinajstić information content (AvgIpc) is 3.65. The topological polar surface area (TPSA) is 135 Å². The van der Waals surface area contributed by atoms with E-state index in [1.165, 1.54) is 0 Å². The van der Waals surface area contributed by atoms with Crippen LogP contribution in [-0.4, -0.2) is 89.5 Å². The van der Waals surface area contributed by atoms with Gasteiger partial charge in [0.25, 0.3) is 0 Å². The normalized spacial score (nSPS) is 24.3. The molecule has 0 aromatic carbocycles. The molecule has 0 saturated carbocycles. The highest BCUT2D eigenvalue weighted by Crippen LogP contribution is 2.47. The van der Waals surface area contributed by atoms with Gasteiger partial charge in [0.15, 0.2) is 0 Å². The van der Waals surface area contributed by atoms with Crippen LogP contribution in [-0.2, 0) is 33.4 Å². The monoisotopic (exact) mass is 624 g/mol. The van der Waals surface area contributed by atoms with Crippen molar-refractivity contribution in [1.29, 1.82) is 0 Å². The summed E-state index contributed by atoms with van der Waals surface area (Å²) in [6.07, 6.45) is 6.10. The van der Waals surface area contributed by atoms with Crippen molar-refractivity contribution in [1.82, 2.24) is 20.0 Å². The molecule has 2 saturated heterocycles. The van der Waals surface area contributed by atoms with Crippen LogP contribution in [0.2, 0.25) is 0 Å². The van der Waals surface area contributed by atoms with Crippen LogP contribution in [0.25, 0.3) is 0 Å². The molecule has 0 aromatic rings. The van der Waals surface area contributed by atoms with E-state index in [2.05, 4.69) is 5.32 Å². The molecule has 0 atom stereocenters. The number of rotatable bonds is 2. The van der Waals surface area contributed by atoms with E-state index in [0.717, 1.165) is 37.1 Å². The quantitative estimate of drug-likeness (QED) is 0.362. The SMILES string of the molecule is CC1=CN(C2=C(C)C(=O)OC2)C(=O)C12CCN(C(=O)OC(C)(C)C)CC2.CC1=CN(C2=C(C)C(=O)OC2)C(=O)C12CCNCC2. The molecule has 0 unspecified atom stereocenters. The summed E-state index contributed by atoms with van der Waals surface area (Å²) in [4.78, 5) is 66.2.